The van der Waals surface area contributed by atoms with Crippen LogP contribution in [0.15, 0.2) is 54.6 Å². The lowest BCUT2D eigenvalue weighted by Crippen LogP contribution is -2.31. The number of methoxy groups -OCH3 is 1. The van der Waals surface area contributed by atoms with Crippen LogP contribution >= 0.6 is 0 Å². The maximum atomic E-state index is 14.3. The van der Waals surface area contributed by atoms with Crippen molar-refractivity contribution in [2.75, 3.05) is 7.11 Å². The van der Waals surface area contributed by atoms with E-state index in [0.717, 1.165) is 11.6 Å². The second-order valence-corrected chi connectivity index (χ2v) is 6.85. The second kappa shape index (κ2) is 9.34. The number of carbonyl (C=O) groups excluding carboxylic acids is 1. The number of carboxylic acid groups (broad SMARTS) is 1. The van der Waals surface area contributed by atoms with E-state index in [1.165, 1.54) is 25.3 Å². The molecule has 3 rings (SSSR count). The molecule has 2 N–H and O–H groups in total. The van der Waals surface area contributed by atoms with Crippen LogP contribution in [-0.4, -0.2) is 29.1 Å². The van der Waals surface area contributed by atoms with Crippen molar-refractivity contribution in [2.24, 2.45) is 0 Å². The average molecular weight is 426 g/mol. The summed E-state index contributed by atoms with van der Waals surface area (Å²) in [5, 5.41) is 12.0. The van der Waals surface area contributed by atoms with Gasteiger partial charge in [-0.3, -0.25) is 9.59 Å². The molecule has 3 aromatic rings. The van der Waals surface area contributed by atoms with Crippen molar-refractivity contribution in [2.45, 2.75) is 19.4 Å². The number of hydrogen-bond donors (Lipinski definition) is 2. The Morgan fingerprint density at radius 2 is 1.87 bits per heavy atom. The summed E-state index contributed by atoms with van der Waals surface area (Å²) < 4.78 is 32.8. The molecule has 31 heavy (non-hydrogen) atoms. The van der Waals surface area contributed by atoms with E-state index in [-0.39, 0.29) is 29.1 Å². The normalized spacial score (nSPS) is 11.6. The number of pyridine rings is 1. The van der Waals surface area contributed by atoms with E-state index in [0.29, 0.717) is 11.6 Å². The lowest BCUT2D eigenvalue weighted by Gasteiger charge is -2.19. The summed E-state index contributed by atoms with van der Waals surface area (Å²) in [6.07, 6.45) is -0.327. The number of carboxylic acids is 1. The Balaban J connectivity index is 1.97. The molecule has 1 amide bonds. The van der Waals surface area contributed by atoms with E-state index in [9.17, 15) is 23.5 Å². The van der Waals surface area contributed by atoms with Gasteiger partial charge in [-0.1, -0.05) is 24.3 Å². The molecule has 1 unspecified atom stereocenters. The van der Waals surface area contributed by atoms with Crippen LogP contribution < -0.4 is 10.1 Å². The van der Waals surface area contributed by atoms with Gasteiger partial charge in [0.15, 0.2) is 0 Å². The van der Waals surface area contributed by atoms with Gasteiger partial charge in [0.2, 0.25) is 0 Å². The Kier molecular flexibility index (Phi) is 6.59. The van der Waals surface area contributed by atoms with Crippen LogP contribution in [-0.2, 0) is 4.79 Å². The molecule has 0 aliphatic heterocycles. The van der Waals surface area contributed by atoms with Crippen LogP contribution in [0.5, 0.6) is 5.75 Å². The zero-order valence-corrected chi connectivity index (χ0v) is 16.9. The van der Waals surface area contributed by atoms with Gasteiger partial charge in [-0.05, 0) is 42.3 Å². The lowest BCUT2D eigenvalue weighted by atomic mass is 9.98. The first-order valence-corrected chi connectivity index (χ1v) is 9.38. The van der Waals surface area contributed by atoms with Gasteiger partial charge in [-0.2, -0.15) is 0 Å². The Morgan fingerprint density at radius 3 is 2.52 bits per heavy atom. The SMILES string of the molecule is COc1ccc(C(=O)NC(CC(=O)O)c2ccccc2C)nc1-c1ccc(F)cc1F. The zero-order valence-electron chi connectivity index (χ0n) is 16.9. The lowest BCUT2D eigenvalue weighted by molar-refractivity contribution is -0.137. The molecule has 0 saturated carbocycles. The highest BCUT2D eigenvalue weighted by Crippen LogP contribution is 2.31. The van der Waals surface area contributed by atoms with Crippen LogP contribution in [0.3, 0.4) is 0 Å². The van der Waals surface area contributed by atoms with Crippen molar-refractivity contribution in [1.82, 2.24) is 10.3 Å². The van der Waals surface area contributed by atoms with Gasteiger partial charge >= 0.3 is 5.97 Å². The number of hydrogen-bond acceptors (Lipinski definition) is 4. The third-order valence-corrected chi connectivity index (χ3v) is 4.74. The maximum Gasteiger partial charge on any atom is 0.305 e. The van der Waals surface area contributed by atoms with E-state index in [1.54, 1.807) is 12.1 Å². The van der Waals surface area contributed by atoms with Crippen LogP contribution in [0.2, 0.25) is 0 Å². The van der Waals surface area contributed by atoms with Gasteiger partial charge in [-0.15, -0.1) is 0 Å². The van der Waals surface area contributed by atoms with Crippen LogP contribution in [0, 0.1) is 18.6 Å². The summed E-state index contributed by atoms with van der Waals surface area (Å²) in [6.45, 7) is 1.82. The molecule has 6 nitrogen and oxygen atoms in total. The molecule has 0 spiro atoms. The number of aryl methyl sites for hydroxylation is 1. The molecule has 0 bridgehead atoms. The van der Waals surface area contributed by atoms with Crippen molar-refractivity contribution in [1.29, 1.82) is 0 Å². The fourth-order valence-corrected chi connectivity index (χ4v) is 3.24. The second-order valence-electron chi connectivity index (χ2n) is 6.85. The zero-order chi connectivity index (χ0) is 22.5. The smallest absolute Gasteiger partial charge is 0.305 e. The molecule has 1 heterocycles. The van der Waals surface area contributed by atoms with Crippen molar-refractivity contribution >= 4 is 11.9 Å². The highest BCUT2D eigenvalue weighted by Gasteiger charge is 2.22. The van der Waals surface area contributed by atoms with Gasteiger partial charge in [0.1, 0.15) is 28.8 Å². The number of ether oxygens (including phenoxy) is 1. The predicted octanol–water partition coefficient (Wildman–Crippen LogP) is 4.29. The van der Waals surface area contributed by atoms with E-state index >= 15 is 0 Å². The average Bonchev–Trinajstić information content (AvgIpc) is 2.73. The maximum absolute atomic E-state index is 14.3. The number of aliphatic carboxylic acids is 1. The molecule has 0 aliphatic carbocycles. The van der Waals surface area contributed by atoms with Crippen LogP contribution in [0.1, 0.15) is 34.1 Å². The molecule has 160 valence electrons. The third-order valence-electron chi connectivity index (χ3n) is 4.74. The Bertz CT molecular complexity index is 1130. The van der Waals surface area contributed by atoms with Gasteiger partial charge in [-0.25, -0.2) is 13.8 Å². The topological polar surface area (TPSA) is 88.5 Å². The fourth-order valence-electron chi connectivity index (χ4n) is 3.24. The summed E-state index contributed by atoms with van der Waals surface area (Å²) in [4.78, 5) is 28.4. The minimum atomic E-state index is -1.08. The molecule has 1 atom stereocenters. The van der Waals surface area contributed by atoms with Gasteiger partial charge in [0.05, 0.1) is 19.6 Å². The van der Waals surface area contributed by atoms with Gasteiger partial charge in [0.25, 0.3) is 5.91 Å². The molecule has 8 heteroatoms. The van der Waals surface area contributed by atoms with Gasteiger partial charge in [0, 0.05) is 11.6 Å². The first-order chi connectivity index (χ1) is 14.8. The summed E-state index contributed by atoms with van der Waals surface area (Å²) in [6, 6.07) is 12.2. The standard InChI is InChI=1S/C23H20F2N2O4/c1-13-5-3-4-6-15(13)19(12-21(28)29)27-23(30)18-9-10-20(31-2)22(26-18)16-8-7-14(24)11-17(16)25/h3-11,19H,12H2,1-2H3,(H,27,30)(H,28,29). The number of aromatic nitrogens is 1. The first-order valence-electron chi connectivity index (χ1n) is 9.38. The summed E-state index contributed by atoms with van der Waals surface area (Å²) >= 11 is 0. The van der Waals surface area contributed by atoms with E-state index in [1.807, 2.05) is 19.1 Å². The number of amides is 1. The molecule has 0 saturated heterocycles. The number of nitrogens with one attached hydrogen (secondary N) is 1. The van der Waals surface area contributed by atoms with E-state index < -0.39 is 29.6 Å². The van der Waals surface area contributed by atoms with Crippen molar-refractivity contribution < 1.29 is 28.2 Å². The highest BCUT2D eigenvalue weighted by atomic mass is 19.1. The quantitative estimate of drug-likeness (QED) is 0.588. The summed E-state index contributed by atoms with van der Waals surface area (Å²) in [7, 11) is 1.36. The summed E-state index contributed by atoms with van der Waals surface area (Å²) in [5.74, 6) is -3.12. The minimum absolute atomic E-state index is 0.0262. The number of rotatable bonds is 7. The fraction of sp³-hybridized carbons (Fsp3) is 0.174. The number of halogens is 2. The number of carbonyl (C=O) groups is 2. The van der Waals surface area contributed by atoms with Crippen molar-refractivity contribution in [3.63, 3.8) is 0 Å². The minimum Gasteiger partial charge on any atom is -0.494 e. The third kappa shape index (κ3) is 5.03. The Labute approximate surface area is 177 Å². The van der Waals surface area contributed by atoms with Crippen molar-refractivity contribution in [3.8, 4) is 17.0 Å². The molecular weight excluding hydrogens is 406 g/mol. The summed E-state index contributed by atoms with van der Waals surface area (Å²) in [5.41, 5.74) is 1.41. The number of benzene rings is 2. The highest BCUT2D eigenvalue weighted by molar-refractivity contribution is 5.93. The largest absolute Gasteiger partial charge is 0.494 e. The van der Waals surface area contributed by atoms with Gasteiger partial charge < -0.3 is 15.2 Å². The molecular formula is C23H20F2N2O4. The van der Waals surface area contributed by atoms with E-state index in [4.69, 9.17) is 4.74 Å². The Morgan fingerprint density at radius 1 is 1.13 bits per heavy atom. The first kappa shape index (κ1) is 21.9. The molecule has 0 aliphatic rings. The molecule has 0 fully saturated rings. The Hall–Kier alpha value is -3.81. The van der Waals surface area contributed by atoms with Crippen LogP contribution in [0.25, 0.3) is 11.3 Å². The monoisotopic (exact) mass is 426 g/mol. The predicted molar refractivity (Wildman–Crippen MR) is 110 cm³/mol. The van der Waals surface area contributed by atoms with Crippen LogP contribution in [0.4, 0.5) is 8.78 Å². The van der Waals surface area contributed by atoms with E-state index in [2.05, 4.69) is 10.3 Å². The molecule has 2 aromatic carbocycles. The molecule has 1 aromatic heterocycles. The van der Waals surface area contributed by atoms with Crippen molar-refractivity contribution in [3.05, 3.63) is 83.1 Å². The molecule has 0 radical (unpaired) electrons. The number of nitrogens with zero attached hydrogens (tertiary/aromatic N) is 1.